The number of aryl methyl sites for hydroxylation is 1. The van der Waals surface area contributed by atoms with E-state index >= 15 is 0 Å². The Balaban J connectivity index is 1.64. The van der Waals surface area contributed by atoms with Gasteiger partial charge in [0.25, 0.3) is 10.0 Å². The third kappa shape index (κ3) is 4.19. The summed E-state index contributed by atoms with van der Waals surface area (Å²) in [5.41, 5.74) is 1.74. The van der Waals surface area contributed by atoms with Gasteiger partial charge in [-0.05, 0) is 62.1 Å². The first-order chi connectivity index (χ1) is 11.4. The molecular weight excluding hydrogens is 324 g/mol. The normalized spacial score (nSPS) is 19.3. The summed E-state index contributed by atoms with van der Waals surface area (Å²) in [7, 11) is -3.67. The monoisotopic (exact) mass is 348 g/mol. The van der Waals surface area contributed by atoms with Crippen molar-refractivity contribution in [1.29, 1.82) is 0 Å². The maximum Gasteiger partial charge on any atom is 0.295 e. The lowest BCUT2D eigenvalue weighted by atomic mass is 10.00. The molecule has 130 valence electrons. The fourth-order valence-corrected chi connectivity index (χ4v) is 4.16. The summed E-state index contributed by atoms with van der Waals surface area (Å²) in [6.45, 7) is 7.19. The van der Waals surface area contributed by atoms with E-state index in [1.807, 2.05) is 12.1 Å². The van der Waals surface area contributed by atoms with E-state index in [2.05, 4.69) is 16.5 Å². The van der Waals surface area contributed by atoms with Crippen molar-refractivity contribution in [2.75, 3.05) is 17.8 Å². The third-order valence-corrected chi connectivity index (χ3v) is 5.59. The Hall–Kier alpha value is -1.79. The van der Waals surface area contributed by atoms with Crippen molar-refractivity contribution in [3.63, 3.8) is 0 Å². The quantitative estimate of drug-likeness (QED) is 0.896. The van der Waals surface area contributed by atoms with Gasteiger partial charge in [-0.15, -0.1) is 0 Å². The molecule has 1 N–H and O–H groups in total. The molecule has 3 rings (SSSR count). The standard InChI is InChI=1S/C18H24N2O3S/c1-14-4-3-11-20(12-14)13-16-6-8-17(9-7-16)19-24(21,22)18-10-5-15(2)23-18/h5-10,14,19H,3-4,11-13H2,1-2H3/t14-/m0/s1. The largest absolute Gasteiger partial charge is 0.448 e. The first-order valence-electron chi connectivity index (χ1n) is 8.33. The number of sulfonamides is 1. The molecule has 1 aromatic carbocycles. The molecule has 0 unspecified atom stereocenters. The molecule has 1 saturated heterocycles. The van der Waals surface area contributed by atoms with Crippen molar-refractivity contribution in [2.45, 2.75) is 38.3 Å². The summed E-state index contributed by atoms with van der Waals surface area (Å²) < 4.78 is 32.2. The molecule has 1 aliphatic rings. The number of nitrogens with one attached hydrogen (secondary N) is 1. The average molecular weight is 348 g/mol. The van der Waals surface area contributed by atoms with Crippen molar-refractivity contribution in [3.8, 4) is 0 Å². The van der Waals surface area contributed by atoms with Crippen LogP contribution in [0.5, 0.6) is 0 Å². The van der Waals surface area contributed by atoms with Gasteiger partial charge in [-0.2, -0.15) is 8.42 Å². The topological polar surface area (TPSA) is 62.6 Å². The lowest BCUT2D eigenvalue weighted by molar-refractivity contribution is 0.176. The molecule has 0 amide bonds. The summed E-state index contributed by atoms with van der Waals surface area (Å²) in [6, 6.07) is 10.7. The van der Waals surface area contributed by atoms with E-state index in [1.165, 1.54) is 24.5 Å². The Kier molecular flexibility index (Phi) is 4.96. The predicted molar refractivity (Wildman–Crippen MR) is 94.4 cm³/mol. The molecular formula is C18H24N2O3S. The minimum atomic E-state index is -3.67. The molecule has 0 radical (unpaired) electrons. The van der Waals surface area contributed by atoms with Crippen molar-refractivity contribution in [1.82, 2.24) is 4.90 Å². The highest BCUT2D eigenvalue weighted by Gasteiger charge is 2.19. The van der Waals surface area contributed by atoms with E-state index in [1.54, 1.807) is 25.1 Å². The molecule has 1 aromatic heterocycles. The Bertz CT molecular complexity index is 781. The Morgan fingerprint density at radius 1 is 1.21 bits per heavy atom. The number of hydrogen-bond acceptors (Lipinski definition) is 4. The summed E-state index contributed by atoms with van der Waals surface area (Å²) in [6.07, 6.45) is 2.56. The van der Waals surface area contributed by atoms with E-state index < -0.39 is 10.0 Å². The lowest BCUT2D eigenvalue weighted by Crippen LogP contribution is -2.33. The van der Waals surface area contributed by atoms with Crippen molar-refractivity contribution in [2.24, 2.45) is 5.92 Å². The first kappa shape index (κ1) is 17.0. The van der Waals surface area contributed by atoms with Gasteiger partial charge < -0.3 is 4.42 Å². The Labute approximate surface area is 143 Å². The molecule has 0 spiro atoms. The molecule has 0 saturated carbocycles. The van der Waals surface area contributed by atoms with Crippen LogP contribution >= 0.6 is 0 Å². The molecule has 0 aliphatic carbocycles. The van der Waals surface area contributed by atoms with Crippen LogP contribution in [0.25, 0.3) is 0 Å². The number of benzene rings is 1. The van der Waals surface area contributed by atoms with Crippen LogP contribution in [0.3, 0.4) is 0 Å². The van der Waals surface area contributed by atoms with Gasteiger partial charge in [-0.25, -0.2) is 0 Å². The van der Waals surface area contributed by atoms with Gasteiger partial charge in [0.05, 0.1) is 0 Å². The highest BCUT2D eigenvalue weighted by molar-refractivity contribution is 7.92. The molecule has 2 heterocycles. The summed E-state index contributed by atoms with van der Waals surface area (Å²) in [5, 5.41) is -0.0635. The third-order valence-electron chi connectivity index (χ3n) is 4.33. The van der Waals surface area contributed by atoms with Gasteiger partial charge in [0.15, 0.2) is 0 Å². The lowest BCUT2D eigenvalue weighted by Gasteiger charge is -2.30. The second-order valence-electron chi connectivity index (χ2n) is 6.65. The minimum Gasteiger partial charge on any atom is -0.448 e. The zero-order chi connectivity index (χ0) is 17.2. The van der Waals surface area contributed by atoms with Crippen LogP contribution < -0.4 is 4.72 Å². The van der Waals surface area contributed by atoms with Crippen molar-refractivity contribution < 1.29 is 12.8 Å². The van der Waals surface area contributed by atoms with E-state index in [4.69, 9.17) is 4.42 Å². The summed E-state index contributed by atoms with van der Waals surface area (Å²) in [5.74, 6) is 1.32. The number of rotatable bonds is 5. The van der Waals surface area contributed by atoms with Gasteiger partial charge >= 0.3 is 0 Å². The van der Waals surface area contributed by atoms with Crippen LogP contribution in [0.1, 0.15) is 31.1 Å². The van der Waals surface area contributed by atoms with Crippen LogP contribution in [0.4, 0.5) is 5.69 Å². The molecule has 2 aromatic rings. The highest BCUT2D eigenvalue weighted by atomic mass is 32.2. The van der Waals surface area contributed by atoms with E-state index in [0.29, 0.717) is 11.4 Å². The maximum atomic E-state index is 12.2. The first-order valence-corrected chi connectivity index (χ1v) is 9.81. The summed E-state index contributed by atoms with van der Waals surface area (Å²) >= 11 is 0. The van der Waals surface area contributed by atoms with Gasteiger partial charge in [-0.3, -0.25) is 9.62 Å². The SMILES string of the molecule is Cc1ccc(S(=O)(=O)Nc2ccc(CN3CCC[C@H](C)C3)cc2)o1. The number of hydrogen-bond donors (Lipinski definition) is 1. The van der Waals surface area contributed by atoms with Crippen LogP contribution in [-0.2, 0) is 16.6 Å². The average Bonchev–Trinajstić information content (AvgIpc) is 2.97. The zero-order valence-corrected chi connectivity index (χ0v) is 15.0. The zero-order valence-electron chi connectivity index (χ0n) is 14.2. The second-order valence-corrected chi connectivity index (χ2v) is 8.26. The van der Waals surface area contributed by atoms with E-state index in [9.17, 15) is 8.42 Å². The molecule has 6 heteroatoms. The Morgan fingerprint density at radius 3 is 2.58 bits per heavy atom. The molecule has 0 bridgehead atoms. The van der Waals surface area contributed by atoms with Crippen LogP contribution in [0.2, 0.25) is 0 Å². The second kappa shape index (κ2) is 6.99. The molecule has 1 aliphatic heterocycles. The molecule has 5 nitrogen and oxygen atoms in total. The summed E-state index contributed by atoms with van der Waals surface area (Å²) in [4.78, 5) is 2.46. The number of likely N-dealkylation sites (tertiary alicyclic amines) is 1. The van der Waals surface area contributed by atoms with Gasteiger partial charge in [0, 0.05) is 18.8 Å². The fourth-order valence-electron chi connectivity index (χ4n) is 3.13. The number of anilines is 1. The molecule has 1 fully saturated rings. The smallest absolute Gasteiger partial charge is 0.295 e. The van der Waals surface area contributed by atoms with Gasteiger partial charge in [-0.1, -0.05) is 19.1 Å². The van der Waals surface area contributed by atoms with Gasteiger partial charge in [0.1, 0.15) is 5.76 Å². The molecule has 1 atom stereocenters. The van der Waals surface area contributed by atoms with Gasteiger partial charge in [0.2, 0.25) is 5.09 Å². The fraction of sp³-hybridized carbons (Fsp3) is 0.444. The number of piperidine rings is 1. The maximum absolute atomic E-state index is 12.2. The molecule has 24 heavy (non-hydrogen) atoms. The predicted octanol–water partition coefficient (Wildman–Crippen LogP) is 3.62. The van der Waals surface area contributed by atoms with Crippen LogP contribution in [0.15, 0.2) is 45.9 Å². The van der Waals surface area contributed by atoms with E-state index in [0.717, 1.165) is 25.6 Å². The van der Waals surface area contributed by atoms with E-state index in [-0.39, 0.29) is 5.09 Å². The van der Waals surface area contributed by atoms with Crippen molar-refractivity contribution in [3.05, 3.63) is 47.7 Å². The van der Waals surface area contributed by atoms with Crippen molar-refractivity contribution >= 4 is 15.7 Å². The number of nitrogens with zero attached hydrogens (tertiary/aromatic N) is 1. The highest BCUT2D eigenvalue weighted by Crippen LogP contribution is 2.21. The van der Waals surface area contributed by atoms with Crippen LogP contribution in [0, 0.1) is 12.8 Å². The minimum absolute atomic E-state index is 0.0635. The Morgan fingerprint density at radius 2 is 1.96 bits per heavy atom. The number of furan rings is 1. The van der Waals surface area contributed by atoms with Crippen LogP contribution in [-0.4, -0.2) is 26.4 Å².